The molecule has 6 rings (SSSR count). The lowest BCUT2D eigenvalue weighted by Crippen LogP contribution is -3.00. The summed E-state index contributed by atoms with van der Waals surface area (Å²) in [4.78, 5) is 19.4. The molecule has 338 valence electrons. The number of hydrogen-bond acceptors (Lipinski definition) is 17. The highest BCUT2D eigenvalue weighted by molar-refractivity contribution is 7.81. The van der Waals surface area contributed by atoms with E-state index in [1.165, 1.54) is 0 Å². The highest BCUT2D eigenvalue weighted by atomic mass is 35.5. The van der Waals surface area contributed by atoms with Gasteiger partial charge in [-0.15, -0.1) is 5.11 Å². The lowest BCUT2D eigenvalue weighted by molar-refractivity contribution is -0.893. The largest absolute Gasteiger partial charge is 1.00 e. The molecule has 0 spiro atoms. The van der Waals surface area contributed by atoms with Gasteiger partial charge in [-0.05, 0) is 47.9 Å². The first-order valence-corrected chi connectivity index (χ1v) is 21.6. The number of benzene rings is 3. The molecule has 1 aromatic heterocycles. The van der Waals surface area contributed by atoms with Crippen LogP contribution < -0.4 is 32.0 Å². The number of nitrogens with one attached hydrogen (secondary N) is 1. The topological polar surface area (TPSA) is 235 Å². The summed E-state index contributed by atoms with van der Waals surface area (Å²) < 4.78 is 64.5. The van der Waals surface area contributed by atoms with Crippen molar-refractivity contribution in [2.75, 3.05) is 119 Å². The summed E-state index contributed by atoms with van der Waals surface area (Å²) in [6.45, 7) is 3.67. The van der Waals surface area contributed by atoms with Gasteiger partial charge in [0.05, 0.1) is 96.4 Å². The van der Waals surface area contributed by atoms with Gasteiger partial charge in [0.2, 0.25) is 38.6 Å². The van der Waals surface area contributed by atoms with Gasteiger partial charge in [0.25, 0.3) is 0 Å². The van der Waals surface area contributed by atoms with Gasteiger partial charge in [-0.3, -0.25) is 12.8 Å². The fraction of sp³-hybridized carbons (Fsp3) is 0.500. The van der Waals surface area contributed by atoms with Crippen molar-refractivity contribution in [2.24, 2.45) is 10.2 Å². The Balaban J connectivity index is 0.000000671. The van der Waals surface area contributed by atoms with Crippen LogP contribution >= 0.6 is 0 Å². The summed E-state index contributed by atoms with van der Waals surface area (Å²) in [6.07, 6.45) is 2.20. The SMILES string of the molecule is COS(=O)(=O)[O-].COS(=O)(=O)[O-].C[N+](C)(C)c1ccc2ccc(O)c(N=Nc3ccc(Nc4nc(N5CCC([N+](C)(C)C)C5)nc(N5CCC([N+](C)(C)C)C5)n4)cc3)c2c1.[Cl-]. The number of phenols is 1. The second-order valence-corrected chi connectivity index (χ2v) is 19.4. The first-order valence-electron chi connectivity index (χ1n) is 18.9. The van der Waals surface area contributed by atoms with Crippen molar-refractivity contribution >= 4 is 72.2 Å². The summed E-state index contributed by atoms with van der Waals surface area (Å²) in [5.41, 5.74) is 3.08. The molecule has 2 saturated heterocycles. The second kappa shape index (κ2) is 20.2. The van der Waals surface area contributed by atoms with Crippen LogP contribution in [0.4, 0.5) is 40.6 Å². The van der Waals surface area contributed by atoms with Crippen LogP contribution in [0.5, 0.6) is 5.75 Å². The van der Waals surface area contributed by atoms with Gasteiger partial charge in [0, 0.05) is 43.1 Å². The van der Waals surface area contributed by atoms with Gasteiger partial charge in [0.15, 0.2) is 0 Å². The molecule has 0 amide bonds. The molecule has 2 unspecified atom stereocenters. The molecule has 2 N–H and O–H groups in total. The molecule has 61 heavy (non-hydrogen) atoms. The molecular formula is C38H58ClN11O9S2. The van der Waals surface area contributed by atoms with E-state index >= 15 is 0 Å². The molecule has 2 aliphatic heterocycles. The molecule has 0 saturated carbocycles. The Morgan fingerprint density at radius 2 is 1.18 bits per heavy atom. The predicted molar refractivity (Wildman–Crippen MR) is 230 cm³/mol. The lowest BCUT2D eigenvalue weighted by atomic mass is 10.1. The lowest BCUT2D eigenvalue weighted by Gasteiger charge is -2.31. The summed E-state index contributed by atoms with van der Waals surface area (Å²) in [7, 11) is 12.7. The van der Waals surface area contributed by atoms with Crippen molar-refractivity contribution in [2.45, 2.75) is 24.9 Å². The molecule has 20 nitrogen and oxygen atoms in total. The van der Waals surface area contributed by atoms with Crippen molar-refractivity contribution < 1.29 is 60.8 Å². The first kappa shape index (κ1) is 51.0. The number of rotatable bonds is 11. The molecule has 23 heteroatoms. The molecule has 2 atom stereocenters. The van der Waals surface area contributed by atoms with E-state index in [1.54, 1.807) is 6.07 Å². The molecule has 3 aromatic carbocycles. The average Bonchev–Trinajstić information content (AvgIpc) is 3.87. The van der Waals surface area contributed by atoms with Crippen LogP contribution in [0.3, 0.4) is 0 Å². The van der Waals surface area contributed by atoms with Crippen LogP contribution in [0.1, 0.15) is 12.8 Å². The molecule has 2 aliphatic rings. The van der Waals surface area contributed by atoms with Gasteiger partial charge >= 0.3 is 0 Å². The van der Waals surface area contributed by atoms with Crippen LogP contribution in [0, 0.1) is 0 Å². The number of anilines is 4. The third kappa shape index (κ3) is 15.2. The van der Waals surface area contributed by atoms with E-state index in [4.69, 9.17) is 15.0 Å². The Hall–Kier alpha value is -4.36. The predicted octanol–water partition coefficient (Wildman–Crippen LogP) is 0.846. The maximum Gasteiger partial charge on any atom is 0.233 e. The van der Waals surface area contributed by atoms with Crippen molar-refractivity contribution in [3.63, 3.8) is 0 Å². The minimum Gasteiger partial charge on any atom is -1.00 e. The summed E-state index contributed by atoms with van der Waals surface area (Å²) in [6, 6.07) is 18.5. The Labute approximate surface area is 365 Å². The number of likely N-dealkylation sites (N-methyl/N-ethyl adjacent to an activating group) is 2. The first-order chi connectivity index (χ1) is 27.7. The molecule has 0 aliphatic carbocycles. The number of aromatic hydroxyl groups is 1. The van der Waals surface area contributed by atoms with Crippen molar-refractivity contribution in [1.29, 1.82) is 0 Å². The van der Waals surface area contributed by atoms with E-state index in [-0.39, 0.29) is 18.2 Å². The Kier molecular flexibility index (Phi) is 16.9. The zero-order valence-corrected chi connectivity index (χ0v) is 38.9. The third-order valence-electron chi connectivity index (χ3n) is 10.2. The molecule has 0 bridgehead atoms. The van der Waals surface area contributed by atoms with Crippen molar-refractivity contribution in [1.82, 2.24) is 19.4 Å². The zero-order valence-electron chi connectivity index (χ0n) is 36.5. The third-order valence-corrected chi connectivity index (χ3v) is 11.0. The summed E-state index contributed by atoms with van der Waals surface area (Å²) >= 11 is 0. The Morgan fingerprint density at radius 1 is 0.721 bits per heavy atom. The maximum absolute atomic E-state index is 10.7. The number of nitrogens with zero attached hydrogens (tertiary/aromatic N) is 10. The van der Waals surface area contributed by atoms with Gasteiger partial charge in [0.1, 0.15) is 29.2 Å². The van der Waals surface area contributed by atoms with Crippen molar-refractivity contribution in [3.8, 4) is 5.75 Å². The Morgan fingerprint density at radius 3 is 1.59 bits per heavy atom. The number of hydrogen-bond donors (Lipinski definition) is 2. The van der Waals surface area contributed by atoms with E-state index in [9.17, 15) is 31.0 Å². The fourth-order valence-electron chi connectivity index (χ4n) is 6.46. The normalized spacial score (nSPS) is 17.4. The van der Waals surface area contributed by atoms with Crippen molar-refractivity contribution in [3.05, 3.63) is 54.6 Å². The van der Waals surface area contributed by atoms with E-state index in [0.717, 1.165) is 96.3 Å². The maximum atomic E-state index is 10.7. The van der Waals surface area contributed by atoms with Gasteiger partial charge < -0.3 is 50.7 Å². The Bertz CT molecular complexity index is 2270. The zero-order chi connectivity index (χ0) is 44.8. The average molecular weight is 913 g/mol. The summed E-state index contributed by atoms with van der Waals surface area (Å²) in [5, 5.41) is 25.0. The number of fused-ring (bicyclic) bond motifs is 1. The highest BCUT2D eigenvalue weighted by Crippen LogP contribution is 2.38. The van der Waals surface area contributed by atoms with Crippen LogP contribution in [-0.4, -0.2) is 171 Å². The van der Waals surface area contributed by atoms with E-state index in [2.05, 4.69) is 115 Å². The number of quaternary nitrogens is 3. The van der Waals surface area contributed by atoms with E-state index < -0.39 is 20.8 Å². The fourth-order valence-corrected chi connectivity index (χ4v) is 6.46. The van der Waals surface area contributed by atoms with E-state index in [0.29, 0.717) is 33.9 Å². The molecule has 4 aromatic rings. The molecular weight excluding hydrogens is 854 g/mol. The monoisotopic (exact) mass is 911 g/mol. The van der Waals surface area contributed by atoms with Crippen LogP contribution in [0.2, 0.25) is 0 Å². The second-order valence-electron chi connectivity index (χ2n) is 17.1. The minimum absolute atomic E-state index is 0. The van der Waals surface area contributed by atoms with Crippen LogP contribution in [-0.2, 0) is 29.2 Å². The molecule has 2 fully saturated rings. The smallest absolute Gasteiger partial charge is 0.233 e. The van der Waals surface area contributed by atoms with Crippen LogP contribution in [0.25, 0.3) is 10.8 Å². The van der Waals surface area contributed by atoms with E-state index in [1.807, 2.05) is 30.3 Å². The standard InChI is InChI=1S/C36H51N11O.2CH4O4S.ClH/c1-45(2,3)28-16-10-25-11-17-32(48)33(31(25)22-28)42-41-27-14-12-26(13-15-27)37-34-38-35(43-20-18-29(23-43)46(4,5)6)40-36(39-34)44-21-19-30(24-44)47(7,8)9;2*1-5-6(2,3)4;/h10-17,22,29-30H,18-21,23-24H2,1-9H3,(H-,37,38,39,40,41,42,48);2*1H3,(H,2,3,4);1H/q+2;;;/p-2. The summed E-state index contributed by atoms with van der Waals surface area (Å²) in [5.74, 6) is 2.07. The highest BCUT2D eigenvalue weighted by Gasteiger charge is 2.36. The molecule has 0 radical (unpaired) electrons. The van der Waals surface area contributed by atoms with Gasteiger partial charge in [-0.2, -0.15) is 20.1 Å². The number of phenolic OH excluding ortho intramolecular Hbond substituents is 1. The number of aromatic nitrogens is 3. The molecule has 3 heterocycles. The number of azo groups is 1. The number of halogens is 1. The van der Waals surface area contributed by atoms with Crippen LogP contribution in [0.15, 0.2) is 64.8 Å². The minimum atomic E-state index is -4.41. The van der Waals surface area contributed by atoms with Gasteiger partial charge in [-0.1, -0.05) is 6.07 Å². The quantitative estimate of drug-likeness (QED) is 0.0919. The van der Waals surface area contributed by atoms with Gasteiger partial charge in [-0.25, -0.2) is 16.8 Å².